The number of aromatic carboxylic acids is 1. The first-order chi connectivity index (χ1) is 12.2. The van der Waals surface area contributed by atoms with Gasteiger partial charge in [0.1, 0.15) is 0 Å². The first-order valence-electron chi connectivity index (χ1n) is 9.19. The SMILES string of the molecule is O=C(O)c1cnc(Nc2cc3c4c(c2)CCCCC4CCCC3)nc1. The van der Waals surface area contributed by atoms with Crippen LogP contribution in [-0.4, -0.2) is 21.0 Å². The number of carboxylic acids is 1. The molecule has 0 saturated heterocycles. The highest BCUT2D eigenvalue weighted by molar-refractivity contribution is 5.86. The van der Waals surface area contributed by atoms with Crippen LogP contribution in [0.2, 0.25) is 0 Å². The molecule has 0 unspecified atom stereocenters. The van der Waals surface area contributed by atoms with Gasteiger partial charge in [0.25, 0.3) is 0 Å². The van der Waals surface area contributed by atoms with Crippen LogP contribution < -0.4 is 5.32 Å². The molecular weight excluding hydrogens is 314 g/mol. The number of nitrogens with zero attached hydrogens (tertiary/aromatic N) is 2. The third-order valence-electron chi connectivity index (χ3n) is 5.41. The smallest absolute Gasteiger partial charge is 0.338 e. The number of hydrogen-bond acceptors (Lipinski definition) is 4. The molecule has 2 aliphatic rings. The molecule has 130 valence electrons. The number of aryl methyl sites for hydroxylation is 2. The fraction of sp³-hybridized carbons (Fsp3) is 0.450. The summed E-state index contributed by atoms with van der Waals surface area (Å²) in [6, 6.07) is 4.49. The number of carboxylic acid groups (broad SMARTS) is 1. The minimum absolute atomic E-state index is 0.0990. The predicted octanol–water partition coefficient (Wildman–Crippen LogP) is 4.45. The van der Waals surface area contributed by atoms with E-state index in [2.05, 4.69) is 27.4 Å². The van der Waals surface area contributed by atoms with Crippen LogP contribution in [0.3, 0.4) is 0 Å². The summed E-state index contributed by atoms with van der Waals surface area (Å²) < 4.78 is 0. The summed E-state index contributed by atoms with van der Waals surface area (Å²) in [5.41, 5.74) is 5.68. The molecule has 25 heavy (non-hydrogen) atoms. The molecule has 0 radical (unpaired) electrons. The Kier molecular flexibility index (Phi) is 4.38. The van der Waals surface area contributed by atoms with Crippen LogP contribution in [0.15, 0.2) is 24.5 Å². The summed E-state index contributed by atoms with van der Waals surface area (Å²) in [5.74, 6) is 0.161. The fourth-order valence-corrected chi connectivity index (χ4v) is 4.27. The van der Waals surface area contributed by atoms with Crippen molar-refractivity contribution in [1.29, 1.82) is 0 Å². The highest BCUT2D eigenvalue weighted by Gasteiger charge is 2.24. The summed E-state index contributed by atoms with van der Waals surface area (Å²) in [6.45, 7) is 0. The minimum atomic E-state index is -1.01. The molecule has 4 rings (SSSR count). The van der Waals surface area contributed by atoms with Crippen LogP contribution in [-0.2, 0) is 12.8 Å². The van der Waals surface area contributed by atoms with E-state index in [1.54, 1.807) is 5.56 Å². The summed E-state index contributed by atoms with van der Waals surface area (Å²) in [5, 5.41) is 12.2. The largest absolute Gasteiger partial charge is 0.478 e. The highest BCUT2D eigenvalue weighted by Crippen LogP contribution is 2.40. The third kappa shape index (κ3) is 3.36. The number of anilines is 2. The van der Waals surface area contributed by atoms with Gasteiger partial charge in [0.15, 0.2) is 0 Å². The van der Waals surface area contributed by atoms with Crippen molar-refractivity contribution in [3.05, 3.63) is 46.8 Å². The van der Waals surface area contributed by atoms with Crippen molar-refractivity contribution >= 4 is 17.6 Å². The van der Waals surface area contributed by atoms with Crippen molar-refractivity contribution in [2.24, 2.45) is 0 Å². The summed E-state index contributed by atoms with van der Waals surface area (Å²) in [7, 11) is 0. The Hall–Kier alpha value is -2.43. The van der Waals surface area contributed by atoms with Crippen LogP contribution in [0.4, 0.5) is 11.6 Å². The van der Waals surface area contributed by atoms with Gasteiger partial charge in [-0.3, -0.25) is 0 Å². The molecule has 0 saturated carbocycles. The highest BCUT2D eigenvalue weighted by atomic mass is 16.4. The van der Waals surface area contributed by atoms with Crippen LogP contribution in [0.25, 0.3) is 0 Å². The Balaban J connectivity index is 1.66. The van der Waals surface area contributed by atoms with E-state index in [4.69, 9.17) is 5.11 Å². The molecule has 0 bridgehead atoms. The van der Waals surface area contributed by atoms with Gasteiger partial charge in [0.05, 0.1) is 5.56 Å². The number of rotatable bonds is 3. The molecule has 2 aromatic rings. The van der Waals surface area contributed by atoms with E-state index in [-0.39, 0.29) is 5.56 Å². The van der Waals surface area contributed by atoms with Crippen molar-refractivity contribution < 1.29 is 9.90 Å². The molecule has 1 aromatic carbocycles. The van der Waals surface area contributed by atoms with Crippen molar-refractivity contribution in [2.75, 3.05) is 5.32 Å². The molecule has 0 aliphatic heterocycles. The van der Waals surface area contributed by atoms with Crippen molar-refractivity contribution in [1.82, 2.24) is 9.97 Å². The van der Waals surface area contributed by atoms with E-state index in [0.717, 1.165) is 24.4 Å². The number of carbonyl (C=O) groups is 1. The Morgan fingerprint density at radius 2 is 1.60 bits per heavy atom. The Morgan fingerprint density at radius 3 is 2.16 bits per heavy atom. The number of nitrogens with one attached hydrogen (secondary N) is 1. The first kappa shape index (κ1) is 16.1. The maximum Gasteiger partial charge on any atom is 0.338 e. The number of aromatic nitrogens is 2. The Morgan fingerprint density at radius 1 is 1.00 bits per heavy atom. The van der Waals surface area contributed by atoms with Gasteiger partial charge in [-0.1, -0.05) is 12.8 Å². The second kappa shape index (κ2) is 6.82. The van der Waals surface area contributed by atoms with Gasteiger partial charge in [-0.15, -0.1) is 0 Å². The average molecular weight is 337 g/mol. The van der Waals surface area contributed by atoms with Gasteiger partial charge < -0.3 is 10.4 Å². The van der Waals surface area contributed by atoms with Crippen LogP contribution >= 0.6 is 0 Å². The van der Waals surface area contributed by atoms with E-state index >= 15 is 0 Å². The molecule has 0 spiro atoms. The van der Waals surface area contributed by atoms with E-state index < -0.39 is 5.97 Å². The van der Waals surface area contributed by atoms with E-state index in [1.165, 1.54) is 62.0 Å². The van der Waals surface area contributed by atoms with Gasteiger partial charge >= 0.3 is 5.97 Å². The zero-order valence-corrected chi connectivity index (χ0v) is 14.3. The second-order valence-corrected chi connectivity index (χ2v) is 7.12. The molecule has 2 N–H and O–H groups in total. The van der Waals surface area contributed by atoms with E-state index in [9.17, 15) is 4.79 Å². The standard InChI is InChI=1S/C20H23N3O2/c24-19(25)16-11-21-20(22-12-16)23-17-9-14-7-3-1-5-13-6-2-4-8-15(10-17)18(13)14/h9-13H,1-8H2,(H,24,25)(H,21,22,23). The third-order valence-corrected chi connectivity index (χ3v) is 5.41. The minimum Gasteiger partial charge on any atom is -0.478 e. The molecule has 2 aliphatic carbocycles. The number of hydrogen-bond donors (Lipinski definition) is 2. The predicted molar refractivity (Wildman–Crippen MR) is 96.6 cm³/mol. The molecule has 5 heteroatoms. The molecule has 0 amide bonds. The number of benzene rings is 1. The second-order valence-electron chi connectivity index (χ2n) is 7.12. The van der Waals surface area contributed by atoms with Crippen LogP contribution in [0.5, 0.6) is 0 Å². The molecule has 5 nitrogen and oxygen atoms in total. The van der Waals surface area contributed by atoms with Crippen LogP contribution in [0.1, 0.15) is 71.5 Å². The first-order valence-corrected chi connectivity index (χ1v) is 9.19. The zero-order chi connectivity index (χ0) is 17.2. The summed E-state index contributed by atoms with van der Waals surface area (Å²) in [6.07, 6.45) is 12.8. The van der Waals surface area contributed by atoms with E-state index in [1.807, 2.05) is 0 Å². The lowest BCUT2D eigenvalue weighted by atomic mass is 9.87. The van der Waals surface area contributed by atoms with Gasteiger partial charge in [0.2, 0.25) is 5.95 Å². The lowest BCUT2D eigenvalue weighted by Gasteiger charge is -2.20. The van der Waals surface area contributed by atoms with Gasteiger partial charge in [-0.2, -0.15) is 0 Å². The average Bonchev–Trinajstić information content (AvgIpc) is 2.93. The van der Waals surface area contributed by atoms with Gasteiger partial charge in [0, 0.05) is 18.1 Å². The molecule has 1 heterocycles. The molecule has 0 atom stereocenters. The molecule has 1 aromatic heterocycles. The van der Waals surface area contributed by atoms with Crippen LogP contribution in [0, 0.1) is 0 Å². The maximum atomic E-state index is 10.9. The molecular formula is C20H23N3O2. The van der Waals surface area contributed by atoms with Gasteiger partial charge in [-0.05, 0) is 73.3 Å². The van der Waals surface area contributed by atoms with Crippen molar-refractivity contribution in [2.45, 2.75) is 57.3 Å². The Bertz CT molecular complexity index is 753. The summed E-state index contributed by atoms with van der Waals surface area (Å²) in [4.78, 5) is 19.2. The van der Waals surface area contributed by atoms with Crippen molar-refractivity contribution in [3.8, 4) is 0 Å². The Labute approximate surface area is 147 Å². The zero-order valence-electron chi connectivity index (χ0n) is 14.3. The topological polar surface area (TPSA) is 75.1 Å². The summed E-state index contributed by atoms with van der Waals surface area (Å²) >= 11 is 0. The lowest BCUT2D eigenvalue weighted by molar-refractivity contribution is 0.0696. The van der Waals surface area contributed by atoms with Gasteiger partial charge in [-0.25, -0.2) is 14.8 Å². The van der Waals surface area contributed by atoms with Crippen molar-refractivity contribution in [3.63, 3.8) is 0 Å². The monoisotopic (exact) mass is 337 g/mol. The fourth-order valence-electron chi connectivity index (χ4n) is 4.27. The maximum absolute atomic E-state index is 10.9. The van der Waals surface area contributed by atoms with E-state index in [0.29, 0.717) is 5.95 Å². The quantitative estimate of drug-likeness (QED) is 0.865. The lowest BCUT2D eigenvalue weighted by Crippen LogP contribution is -2.06. The normalized spacial score (nSPS) is 17.3. The molecule has 0 fully saturated rings.